The lowest BCUT2D eigenvalue weighted by Gasteiger charge is -2.11. The molecule has 1 aliphatic heterocycles. The molecule has 1 N–H and O–H groups in total. The van der Waals surface area contributed by atoms with Crippen LogP contribution in [0.2, 0.25) is 0 Å². The first-order valence-corrected chi connectivity index (χ1v) is 8.29. The van der Waals surface area contributed by atoms with E-state index in [1.807, 2.05) is 0 Å². The van der Waals surface area contributed by atoms with Gasteiger partial charge >= 0.3 is 0 Å². The van der Waals surface area contributed by atoms with Crippen molar-refractivity contribution >= 4 is 27.8 Å². The Bertz CT molecular complexity index is 530. The summed E-state index contributed by atoms with van der Waals surface area (Å²) < 4.78 is 0. The highest BCUT2D eigenvalue weighted by Gasteiger charge is 2.15. The maximum atomic E-state index is 4.67. The minimum atomic E-state index is 0.867. The van der Waals surface area contributed by atoms with Crippen molar-refractivity contribution < 1.29 is 0 Å². The Kier molecular flexibility index (Phi) is 4.05. The van der Waals surface area contributed by atoms with Crippen LogP contribution in [0.5, 0.6) is 0 Å². The largest absolute Gasteiger partial charge is 0.360 e. The van der Waals surface area contributed by atoms with Gasteiger partial charge in [0.1, 0.15) is 10.7 Å². The van der Waals surface area contributed by atoms with Crippen LogP contribution in [0.4, 0.5) is 5.13 Å². The number of hydrogen-bond acceptors (Lipinski definition) is 7. The summed E-state index contributed by atoms with van der Waals surface area (Å²) in [6.45, 7) is 6.31. The summed E-state index contributed by atoms with van der Waals surface area (Å²) in [4.78, 5) is 7.14. The van der Waals surface area contributed by atoms with Gasteiger partial charge in [0.25, 0.3) is 0 Å². The van der Waals surface area contributed by atoms with E-state index in [1.165, 1.54) is 30.9 Å². The van der Waals surface area contributed by atoms with Crippen molar-refractivity contribution in [1.29, 1.82) is 0 Å². The average molecular weight is 295 g/mol. The van der Waals surface area contributed by atoms with Crippen LogP contribution in [0.15, 0.2) is 5.38 Å². The van der Waals surface area contributed by atoms with Gasteiger partial charge in [0.15, 0.2) is 5.01 Å². The molecular weight excluding hydrogens is 278 g/mol. The van der Waals surface area contributed by atoms with Crippen LogP contribution in [0.1, 0.15) is 24.8 Å². The molecule has 7 heteroatoms. The normalized spacial score (nSPS) is 16.1. The lowest BCUT2D eigenvalue weighted by Crippen LogP contribution is -2.18. The van der Waals surface area contributed by atoms with Crippen molar-refractivity contribution in [3.63, 3.8) is 0 Å². The Morgan fingerprint density at radius 1 is 1.32 bits per heavy atom. The van der Waals surface area contributed by atoms with E-state index in [0.29, 0.717) is 0 Å². The molecule has 0 atom stereocenters. The van der Waals surface area contributed by atoms with Gasteiger partial charge in [-0.25, -0.2) is 4.98 Å². The molecule has 0 bridgehead atoms. The third-order valence-electron chi connectivity index (χ3n) is 3.08. The van der Waals surface area contributed by atoms with E-state index in [1.54, 1.807) is 22.7 Å². The topological polar surface area (TPSA) is 53.9 Å². The van der Waals surface area contributed by atoms with Crippen LogP contribution in [0, 0.1) is 0 Å². The Balaban J connectivity index is 1.68. The Morgan fingerprint density at radius 2 is 2.16 bits per heavy atom. The van der Waals surface area contributed by atoms with Gasteiger partial charge in [-0.2, -0.15) is 0 Å². The number of aromatic nitrogens is 3. The molecule has 3 heterocycles. The van der Waals surface area contributed by atoms with Crippen molar-refractivity contribution in [3.8, 4) is 10.7 Å². The van der Waals surface area contributed by atoms with Crippen LogP contribution in [0.3, 0.4) is 0 Å². The zero-order chi connectivity index (χ0) is 13.1. The SMILES string of the molecule is CCNc1nnc(-c2csc(CN3CCCC3)n2)s1. The zero-order valence-corrected chi connectivity index (χ0v) is 12.6. The second-order valence-corrected chi connectivity index (χ2v) is 6.47. The molecule has 1 fully saturated rings. The Labute approximate surface area is 120 Å². The molecule has 0 saturated carbocycles. The Hall–Kier alpha value is -1.05. The Morgan fingerprint density at radius 3 is 2.95 bits per heavy atom. The molecule has 2 aromatic rings. The summed E-state index contributed by atoms with van der Waals surface area (Å²) in [5, 5.41) is 16.5. The van der Waals surface area contributed by atoms with Crippen LogP contribution >= 0.6 is 22.7 Å². The first-order valence-electron chi connectivity index (χ1n) is 6.59. The van der Waals surface area contributed by atoms with Gasteiger partial charge in [0.2, 0.25) is 5.13 Å². The van der Waals surface area contributed by atoms with Crippen molar-refractivity contribution in [2.24, 2.45) is 0 Å². The van der Waals surface area contributed by atoms with Gasteiger partial charge in [-0.15, -0.1) is 21.5 Å². The van der Waals surface area contributed by atoms with E-state index >= 15 is 0 Å². The number of hydrogen-bond donors (Lipinski definition) is 1. The molecule has 5 nitrogen and oxygen atoms in total. The average Bonchev–Trinajstić information content (AvgIpc) is 3.10. The monoisotopic (exact) mass is 295 g/mol. The number of thiazole rings is 1. The molecule has 1 aliphatic rings. The molecule has 0 spiro atoms. The van der Waals surface area contributed by atoms with E-state index in [0.717, 1.165) is 28.9 Å². The minimum Gasteiger partial charge on any atom is -0.360 e. The highest BCUT2D eigenvalue weighted by Crippen LogP contribution is 2.28. The number of likely N-dealkylation sites (tertiary alicyclic amines) is 1. The van der Waals surface area contributed by atoms with Crippen LogP contribution in [-0.2, 0) is 6.54 Å². The maximum Gasteiger partial charge on any atom is 0.206 e. The standard InChI is InChI=1S/C12H17N5S2/c1-2-13-12-16-15-11(19-12)9-8-18-10(14-9)7-17-5-3-4-6-17/h8H,2-7H2,1H3,(H,13,16). The van der Waals surface area contributed by atoms with Gasteiger partial charge in [0, 0.05) is 11.9 Å². The van der Waals surface area contributed by atoms with E-state index < -0.39 is 0 Å². The molecule has 102 valence electrons. The third kappa shape index (κ3) is 3.10. The van der Waals surface area contributed by atoms with Crippen LogP contribution in [-0.4, -0.2) is 39.7 Å². The fourth-order valence-corrected chi connectivity index (χ4v) is 3.83. The molecule has 3 rings (SSSR count). The van der Waals surface area contributed by atoms with Gasteiger partial charge in [-0.3, -0.25) is 4.90 Å². The molecule has 0 aliphatic carbocycles. The quantitative estimate of drug-likeness (QED) is 0.919. The maximum absolute atomic E-state index is 4.67. The van der Waals surface area contributed by atoms with E-state index in [9.17, 15) is 0 Å². The highest BCUT2D eigenvalue weighted by molar-refractivity contribution is 7.18. The summed E-state index contributed by atoms with van der Waals surface area (Å²) in [5.74, 6) is 0. The molecule has 0 radical (unpaired) electrons. The molecule has 0 aromatic carbocycles. The van der Waals surface area contributed by atoms with E-state index in [2.05, 4.69) is 37.7 Å². The van der Waals surface area contributed by atoms with Crippen molar-refractivity contribution in [2.45, 2.75) is 26.3 Å². The van der Waals surface area contributed by atoms with Crippen LogP contribution in [0.25, 0.3) is 10.7 Å². The summed E-state index contributed by atoms with van der Waals surface area (Å²) >= 11 is 3.28. The number of rotatable bonds is 5. The molecule has 0 unspecified atom stereocenters. The summed E-state index contributed by atoms with van der Waals surface area (Å²) in [7, 11) is 0. The first-order chi connectivity index (χ1) is 9.35. The summed E-state index contributed by atoms with van der Waals surface area (Å²) in [6.07, 6.45) is 2.64. The van der Waals surface area contributed by atoms with Crippen molar-refractivity contribution in [2.75, 3.05) is 25.0 Å². The van der Waals surface area contributed by atoms with E-state index in [-0.39, 0.29) is 0 Å². The summed E-state index contributed by atoms with van der Waals surface area (Å²) in [5.41, 5.74) is 0.959. The highest BCUT2D eigenvalue weighted by atomic mass is 32.1. The van der Waals surface area contributed by atoms with Crippen molar-refractivity contribution in [1.82, 2.24) is 20.1 Å². The predicted octanol–water partition coefficient (Wildman–Crippen LogP) is 2.69. The number of nitrogens with zero attached hydrogens (tertiary/aromatic N) is 4. The smallest absolute Gasteiger partial charge is 0.206 e. The predicted molar refractivity (Wildman–Crippen MR) is 79.7 cm³/mol. The second kappa shape index (κ2) is 5.94. The molecule has 19 heavy (non-hydrogen) atoms. The minimum absolute atomic E-state index is 0.867. The van der Waals surface area contributed by atoms with Crippen LogP contribution < -0.4 is 5.32 Å². The number of anilines is 1. The molecule has 0 amide bonds. The van der Waals surface area contributed by atoms with Gasteiger partial charge in [-0.1, -0.05) is 11.3 Å². The molecule has 2 aromatic heterocycles. The molecule has 1 saturated heterocycles. The van der Waals surface area contributed by atoms with Gasteiger partial charge in [-0.05, 0) is 32.9 Å². The fraction of sp³-hybridized carbons (Fsp3) is 0.583. The fourth-order valence-electron chi connectivity index (χ4n) is 2.16. The zero-order valence-electron chi connectivity index (χ0n) is 10.9. The first kappa shape index (κ1) is 13.0. The number of nitrogens with one attached hydrogen (secondary N) is 1. The lowest BCUT2D eigenvalue weighted by atomic mass is 10.4. The van der Waals surface area contributed by atoms with Crippen molar-refractivity contribution in [3.05, 3.63) is 10.4 Å². The molecular formula is C12H17N5S2. The van der Waals surface area contributed by atoms with Gasteiger partial charge in [0.05, 0.1) is 6.54 Å². The van der Waals surface area contributed by atoms with E-state index in [4.69, 9.17) is 0 Å². The second-order valence-electron chi connectivity index (χ2n) is 4.55. The lowest BCUT2D eigenvalue weighted by molar-refractivity contribution is 0.331. The third-order valence-corrected chi connectivity index (χ3v) is 4.82. The van der Waals surface area contributed by atoms with Gasteiger partial charge < -0.3 is 5.32 Å². The summed E-state index contributed by atoms with van der Waals surface area (Å²) in [6, 6.07) is 0.